The zero-order chi connectivity index (χ0) is 14.2. The monoisotopic (exact) mass is 341 g/mol. The van der Waals surface area contributed by atoms with Crippen LogP contribution in [0.15, 0.2) is 46.1 Å². The van der Waals surface area contributed by atoms with E-state index in [0.29, 0.717) is 6.67 Å². The van der Waals surface area contributed by atoms with Gasteiger partial charge >= 0.3 is 0 Å². The fourth-order valence-corrected chi connectivity index (χ4v) is 2.90. The number of fused-ring (bicyclic) bond motifs is 2. The molecule has 0 radical (unpaired) electrons. The van der Waals surface area contributed by atoms with Crippen LogP contribution in [0.2, 0.25) is 0 Å². The van der Waals surface area contributed by atoms with Gasteiger partial charge in [-0.3, -0.25) is 4.99 Å². The largest absolute Gasteiger partial charge is 0.364 e. The van der Waals surface area contributed by atoms with Crippen LogP contribution in [-0.2, 0) is 0 Å². The molecule has 0 unspecified atom stereocenters. The Balaban J connectivity index is 1.90. The lowest BCUT2D eigenvalue weighted by atomic mass is 10.1. The normalized spacial score (nSPS) is 13.0. The fourth-order valence-electron chi connectivity index (χ4n) is 2.50. The minimum atomic E-state index is 0.579. The second-order valence-corrected chi connectivity index (χ2v) is 5.71. The van der Waals surface area contributed by atoms with E-state index in [-0.39, 0.29) is 0 Å². The predicted octanol–water partition coefficient (Wildman–Crippen LogP) is 3.87. The van der Waals surface area contributed by atoms with Gasteiger partial charge in [0.2, 0.25) is 0 Å². The number of hydrogen-bond donors (Lipinski definition) is 3. The number of hydrogen-bond acceptors (Lipinski definition) is 4. The van der Waals surface area contributed by atoms with E-state index in [4.69, 9.17) is 0 Å². The molecule has 0 aliphatic carbocycles. The summed E-state index contributed by atoms with van der Waals surface area (Å²) >= 11 is 3.49. The van der Waals surface area contributed by atoms with Crippen molar-refractivity contribution in [3.05, 3.63) is 46.7 Å². The van der Waals surface area contributed by atoms with Crippen molar-refractivity contribution in [2.24, 2.45) is 4.99 Å². The molecule has 5 nitrogen and oxygen atoms in total. The van der Waals surface area contributed by atoms with Crippen LogP contribution < -0.4 is 10.6 Å². The van der Waals surface area contributed by atoms with Crippen molar-refractivity contribution in [3.8, 4) is 0 Å². The van der Waals surface area contributed by atoms with Gasteiger partial charge in [-0.25, -0.2) is 4.98 Å². The Hall–Kier alpha value is -2.34. The summed E-state index contributed by atoms with van der Waals surface area (Å²) in [5, 5.41) is 6.79. The number of anilines is 3. The maximum Gasteiger partial charge on any atom is 0.114 e. The molecule has 6 heteroatoms. The number of benzene rings is 2. The van der Waals surface area contributed by atoms with Crippen molar-refractivity contribution in [1.29, 1.82) is 0 Å². The zero-order valence-corrected chi connectivity index (χ0v) is 12.6. The molecule has 0 spiro atoms. The van der Waals surface area contributed by atoms with Crippen molar-refractivity contribution < 1.29 is 0 Å². The van der Waals surface area contributed by atoms with Gasteiger partial charge in [0.05, 0.1) is 23.2 Å². The molecule has 4 rings (SSSR count). The van der Waals surface area contributed by atoms with Crippen molar-refractivity contribution >= 4 is 50.2 Å². The van der Waals surface area contributed by atoms with Crippen LogP contribution in [0.25, 0.3) is 11.0 Å². The van der Waals surface area contributed by atoms with Crippen LogP contribution in [-0.4, -0.2) is 22.9 Å². The summed E-state index contributed by atoms with van der Waals surface area (Å²) in [7, 11) is 0. The minimum Gasteiger partial charge on any atom is -0.364 e. The highest BCUT2D eigenvalue weighted by atomic mass is 79.9. The van der Waals surface area contributed by atoms with E-state index in [0.717, 1.165) is 38.1 Å². The lowest BCUT2D eigenvalue weighted by molar-refractivity contribution is 1.13. The third kappa shape index (κ3) is 2.17. The van der Waals surface area contributed by atoms with Crippen LogP contribution in [0.5, 0.6) is 0 Å². The topological polar surface area (TPSA) is 65.1 Å². The molecule has 21 heavy (non-hydrogen) atoms. The Morgan fingerprint density at radius 3 is 3.10 bits per heavy atom. The van der Waals surface area contributed by atoms with Gasteiger partial charge in [0.15, 0.2) is 0 Å². The first-order valence-electron chi connectivity index (χ1n) is 6.57. The molecule has 1 aromatic heterocycles. The average molecular weight is 342 g/mol. The van der Waals surface area contributed by atoms with Gasteiger partial charge in [-0.15, -0.1) is 0 Å². The maximum absolute atomic E-state index is 4.43. The third-order valence-corrected chi connectivity index (χ3v) is 3.91. The van der Waals surface area contributed by atoms with E-state index in [1.807, 2.05) is 30.5 Å². The van der Waals surface area contributed by atoms with Gasteiger partial charge in [-0.2, -0.15) is 0 Å². The minimum absolute atomic E-state index is 0.579. The van der Waals surface area contributed by atoms with E-state index in [2.05, 4.69) is 47.6 Å². The number of nitrogens with zero attached hydrogens (tertiary/aromatic N) is 2. The van der Waals surface area contributed by atoms with E-state index in [1.165, 1.54) is 0 Å². The van der Waals surface area contributed by atoms with Crippen molar-refractivity contribution in [2.45, 2.75) is 0 Å². The summed E-state index contributed by atoms with van der Waals surface area (Å²) < 4.78 is 1.03. The van der Waals surface area contributed by atoms with Crippen LogP contribution in [0, 0.1) is 0 Å². The van der Waals surface area contributed by atoms with Crippen LogP contribution >= 0.6 is 15.9 Å². The number of aromatic nitrogens is 2. The molecular formula is C15H12BrN5. The van der Waals surface area contributed by atoms with Gasteiger partial charge in [0.25, 0.3) is 0 Å². The number of rotatable bonds is 2. The first-order chi connectivity index (χ1) is 10.3. The molecule has 1 aliphatic heterocycles. The van der Waals surface area contributed by atoms with E-state index in [1.54, 1.807) is 6.33 Å². The second kappa shape index (κ2) is 4.89. The number of aliphatic imine (C=N–C) groups is 1. The smallest absolute Gasteiger partial charge is 0.114 e. The van der Waals surface area contributed by atoms with Crippen molar-refractivity contribution in [2.75, 3.05) is 17.3 Å². The highest BCUT2D eigenvalue weighted by molar-refractivity contribution is 9.10. The number of halogens is 1. The molecule has 2 heterocycles. The van der Waals surface area contributed by atoms with E-state index >= 15 is 0 Å². The second-order valence-electron chi connectivity index (χ2n) is 4.80. The lowest BCUT2D eigenvalue weighted by Gasteiger charge is -2.19. The number of H-pyrrole nitrogens is 1. The Bertz CT molecular complexity index is 852. The van der Waals surface area contributed by atoms with Gasteiger partial charge in [0, 0.05) is 21.9 Å². The van der Waals surface area contributed by atoms with E-state index in [9.17, 15) is 0 Å². The molecule has 0 bridgehead atoms. The average Bonchev–Trinajstić information content (AvgIpc) is 2.95. The molecule has 0 amide bonds. The maximum atomic E-state index is 4.43. The Morgan fingerprint density at radius 2 is 2.19 bits per heavy atom. The molecular weight excluding hydrogens is 330 g/mol. The number of aromatic amines is 1. The third-order valence-electron chi connectivity index (χ3n) is 3.42. The number of imidazole rings is 1. The molecule has 0 saturated carbocycles. The summed E-state index contributed by atoms with van der Waals surface area (Å²) in [5.74, 6) is 0. The lowest BCUT2D eigenvalue weighted by Crippen LogP contribution is -2.10. The summed E-state index contributed by atoms with van der Waals surface area (Å²) in [6.07, 6.45) is 3.59. The Kier molecular flexibility index (Phi) is 2.89. The highest BCUT2D eigenvalue weighted by Gasteiger charge is 2.16. The molecule has 2 aromatic carbocycles. The molecule has 1 aliphatic rings. The fraction of sp³-hybridized carbons (Fsp3) is 0.0667. The Morgan fingerprint density at radius 1 is 1.24 bits per heavy atom. The summed E-state index contributed by atoms with van der Waals surface area (Å²) in [6, 6.07) is 10.1. The van der Waals surface area contributed by atoms with Gasteiger partial charge < -0.3 is 15.6 Å². The van der Waals surface area contributed by atoms with E-state index < -0.39 is 0 Å². The van der Waals surface area contributed by atoms with Crippen LogP contribution in [0.1, 0.15) is 5.56 Å². The first-order valence-corrected chi connectivity index (χ1v) is 7.37. The zero-order valence-electron chi connectivity index (χ0n) is 11.0. The molecule has 0 fully saturated rings. The summed E-state index contributed by atoms with van der Waals surface area (Å²) in [4.78, 5) is 11.9. The van der Waals surface area contributed by atoms with Crippen molar-refractivity contribution in [1.82, 2.24) is 9.97 Å². The quantitative estimate of drug-likeness (QED) is 0.662. The predicted molar refractivity (Wildman–Crippen MR) is 89.6 cm³/mol. The molecule has 0 atom stereocenters. The van der Waals surface area contributed by atoms with Gasteiger partial charge in [0.1, 0.15) is 12.2 Å². The molecule has 3 aromatic rings. The standard InChI is InChI=1S/C15H12BrN5/c16-10-2-1-3-11(5-10)21-15-13-9(6-17-7-19-13)4-12-14(15)20-8-18-12/h1-6,8,19,21H,7H2,(H,18,20). The van der Waals surface area contributed by atoms with Crippen molar-refractivity contribution in [3.63, 3.8) is 0 Å². The van der Waals surface area contributed by atoms with Gasteiger partial charge in [-0.1, -0.05) is 22.0 Å². The highest BCUT2D eigenvalue weighted by Crippen LogP contribution is 2.36. The van der Waals surface area contributed by atoms with Gasteiger partial charge in [-0.05, 0) is 24.3 Å². The molecule has 0 saturated heterocycles. The summed E-state index contributed by atoms with van der Waals surface area (Å²) in [5.41, 5.74) is 5.96. The SMILES string of the molecule is Brc1cccc(Nc2c3c(cc4[nH]cnc24)C=NCN3)c1. The molecule has 3 N–H and O–H groups in total. The van der Waals surface area contributed by atoms with Crippen LogP contribution in [0.4, 0.5) is 17.1 Å². The first kappa shape index (κ1) is 12.4. The Labute approximate surface area is 129 Å². The summed E-state index contributed by atoms with van der Waals surface area (Å²) in [6.45, 7) is 0.579. The number of nitrogens with one attached hydrogen (secondary N) is 3. The molecule has 104 valence electrons. The van der Waals surface area contributed by atoms with Crippen LogP contribution in [0.3, 0.4) is 0 Å².